The van der Waals surface area contributed by atoms with E-state index in [9.17, 15) is 26.7 Å². The molecule has 0 aliphatic heterocycles. The molecule has 0 bridgehead atoms. The topological polar surface area (TPSA) is 55.1 Å². The second kappa shape index (κ2) is 5.35. The summed E-state index contributed by atoms with van der Waals surface area (Å²) < 4.78 is 64.6. The molecule has 0 radical (unpaired) electrons. The smallest absolute Gasteiger partial charge is 0.347 e. The van der Waals surface area contributed by atoms with E-state index in [-0.39, 0.29) is 0 Å². The van der Waals surface area contributed by atoms with Crippen molar-refractivity contribution in [2.45, 2.75) is 31.6 Å². The summed E-state index contributed by atoms with van der Waals surface area (Å²) in [5.74, 6) is -3.51. The van der Waals surface area contributed by atoms with Crippen LogP contribution in [0.2, 0.25) is 0 Å². The Labute approximate surface area is 112 Å². The maximum atomic E-state index is 13.4. The van der Waals surface area contributed by atoms with Gasteiger partial charge >= 0.3 is 6.18 Å². The van der Waals surface area contributed by atoms with Gasteiger partial charge in [0.05, 0.1) is 6.04 Å². The first-order chi connectivity index (χ1) is 8.98. The van der Waals surface area contributed by atoms with E-state index in [0.717, 1.165) is 25.1 Å². The summed E-state index contributed by atoms with van der Waals surface area (Å²) in [4.78, 5) is 11.5. The Morgan fingerprint density at radius 3 is 2.10 bits per heavy atom. The Hall–Kier alpha value is -1.70. The van der Waals surface area contributed by atoms with Crippen LogP contribution >= 0.6 is 0 Å². The predicted molar refractivity (Wildman–Crippen MR) is 61.6 cm³/mol. The minimum atomic E-state index is -4.98. The number of hydrogen-bond donors (Lipinski definition) is 2. The summed E-state index contributed by atoms with van der Waals surface area (Å²) in [7, 11) is 0. The molecule has 0 saturated heterocycles. The minimum absolute atomic E-state index is 0.479. The van der Waals surface area contributed by atoms with Crippen molar-refractivity contribution in [3.8, 4) is 0 Å². The van der Waals surface area contributed by atoms with Crippen LogP contribution in [0.25, 0.3) is 0 Å². The molecular formula is C12H13F5N2O. The average molecular weight is 296 g/mol. The van der Waals surface area contributed by atoms with Gasteiger partial charge in [-0.1, -0.05) is 6.07 Å². The molecule has 1 aromatic carbocycles. The van der Waals surface area contributed by atoms with E-state index in [1.807, 2.05) is 5.32 Å². The molecule has 0 saturated carbocycles. The quantitative estimate of drug-likeness (QED) is 0.842. The summed E-state index contributed by atoms with van der Waals surface area (Å²) in [5, 5.41) is 1.86. The summed E-state index contributed by atoms with van der Waals surface area (Å²) in [6.07, 6.45) is -4.98. The van der Waals surface area contributed by atoms with Gasteiger partial charge in [-0.2, -0.15) is 13.2 Å². The number of nitrogens with one attached hydrogen (secondary N) is 1. The molecule has 0 aliphatic rings. The van der Waals surface area contributed by atoms with E-state index in [4.69, 9.17) is 5.73 Å². The number of carbonyl (C=O) groups is 1. The molecule has 1 rings (SSSR count). The largest absolute Gasteiger partial charge is 0.415 e. The first-order valence-electron chi connectivity index (χ1n) is 5.59. The first-order valence-corrected chi connectivity index (χ1v) is 5.59. The highest BCUT2D eigenvalue weighted by Gasteiger charge is 2.54. The van der Waals surface area contributed by atoms with Gasteiger partial charge in [0.15, 0.2) is 5.54 Å². The maximum Gasteiger partial charge on any atom is 0.415 e. The van der Waals surface area contributed by atoms with Gasteiger partial charge in [0.1, 0.15) is 11.6 Å². The highest BCUT2D eigenvalue weighted by Crippen LogP contribution is 2.29. The molecule has 0 aliphatic carbocycles. The van der Waals surface area contributed by atoms with E-state index in [1.54, 1.807) is 0 Å². The highest BCUT2D eigenvalue weighted by atomic mass is 19.4. The van der Waals surface area contributed by atoms with Crippen molar-refractivity contribution in [1.82, 2.24) is 5.32 Å². The average Bonchev–Trinajstić information content (AvgIpc) is 2.26. The van der Waals surface area contributed by atoms with Gasteiger partial charge in [0, 0.05) is 5.56 Å². The molecule has 8 heteroatoms. The first kappa shape index (κ1) is 16.4. The summed E-state index contributed by atoms with van der Waals surface area (Å²) in [5.41, 5.74) is 1.24. The lowest BCUT2D eigenvalue weighted by molar-refractivity contribution is -0.187. The normalized spacial score (nSPS) is 16.4. The van der Waals surface area contributed by atoms with Gasteiger partial charge < -0.3 is 11.1 Å². The van der Waals surface area contributed by atoms with Crippen LogP contribution < -0.4 is 11.1 Å². The summed E-state index contributed by atoms with van der Waals surface area (Å²) >= 11 is 0. The maximum absolute atomic E-state index is 13.4. The van der Waals surface area contributed by atoms with Gasteiger partial charge in [-0.15, -0.1) is 0 Å². The second-order valence-corrected chi connectivity index (χ2v) is 4.53. The Morgan fingerprint density at radius 1 is 1.25 bits per heavy atom. The number of halogens is 5. The zero-order valence-electron chi connectivity index (χ0n) is 10.7. The number of nitrogens with two attached hydrogens (primary N) is 1. The Morgan fingerprint density at radius 2 is 1.70 bits per heavy atom. The van der Waals surface area contributed by atoms with E-state index in [2.05, 4.69) is 0 Å². The summed E-state index contributed by atoms with van der Waals surface area (Å²) in [6.45, 7) is 1.64. The number of hydrogen-bond acceptors (Lipinski definition) is 2. The lowest BCUT2D eigenvalue weighted by Gasteiger charge is -2.28. The number of rotatable bonds is 3. The van der Waals surface area contributed by atoms with Crippen LogP contribution in [0.15, 0.2) is 18.2 Å². The molecule has 1 aromatic rings. The third-order valence-electron chi connectivity index (χ3n) is 2.84. The zero-order valence-corrected chi connectivity index (χ0v) is 10.7. The molecule has 3 nitrogen and oxygen atoms in total. The standard InChI is InChI=1S/C12H13F5N2O/c1-6(9-7(13)4-3-5-8(9)14)19-10(20)11(2,18)12(15,16)17/h3-6H,18H2,1-2H3,(H,19,20). The van der Waals surface area contributed by atoms with Crippen molar-refractivity contribution in [3.63, 3.8) is 0 Å². The molecule has 0 aromatic heterocycles. The van der Waals surface area contributed by atoms with Crippen molar-refractivity contribution in [1.29, 1.82) is 0 Å². The monoisotopic (exact) mass is 296 g/mol. The SMILES string of the molecule is CC(NC(=O)C(C)(N)C(F)(F)F)c1c(F)cccc1F. The van der Waals surface area contributed by atoms with Gasteiger partial charge in [0.25, 0.3) is 0 Å². The molecule has 3 N–H and O–H groups in total. The Balaban J connectivity index is 2.97. The van der Waals surface area contributed by atoms with Crippen LogP contribution in [-0.4, -0.2) is 17.6 Å². The molecule has 2 atom stereocenters. The van der Waals surface area contributed by atoms with Gasteiger partial charge in [-0.05, 0) is 26.0 Å². The van der Waals surface area contributed by atoms with E-state index in [0.29, 0.717) is 6.92 Å². The third-order valence-corrected chi connectivity index (χ3v) is 2.84. The van der Waals surface area contributed by atoms with Crippen molar-refractivity contribution >= 4 is 5.91 Å². The Kier molecular flexibility index (Phi) is 4.38. The van der Waals surface area contributed by atoms with Crippen molar-refractivity contribution in [2.24, 2.45) is 5.73 Å². The fraction of sp³-hybridized carbons (Fsp3) is 0.417. The lowest BCUT2D eigenvalue weighted by Crippen LogP contribution is -2.61. The minimum Gasteiger partial charge on any atom is -0.347 e. The van der Waals surface area contributed by atoms with E-state index in [1.165, 1.54) is 0 Å². The fourth-order valence-electron chi connectivity index (χ4n) is 1.47. The van der Waals surface area contributed by atoms with Crippen LogP contribution in [0.3, 0.4) is 0 Å². The van der Waals surface area contributed by atoms with Crippen LogP contribution in [0.5, 0.6) is 0 Å². The van der Waals surface area contributed by atoms with Crippen molar-refractivity contribution in [3.05, 3.63) is 35.4 Å². The van der Waals surface area contributed by atoms with Gasteiger partial charge in [-0.3, -0.25) is 4.79 Å². The third kappa shape index (κ3) is 3.06. The molecule has 2 unspecified atom stereocenters. The Bertz CT molecular complexity index is 493. The molecule has 112 valence electrons. The highest BCUT2D eigenvalue weighted by molar-refractivity contribution is 5.86. The van der Waals surface area contributed by atoms with Gasteiger partial charge in [0.2, 0.25) is 5.91 Å². The van der Waals surface area contributed by atoms with E-state index >= 15 is 0 Å². The van der Waals surface area contributed by atoms with Crippen molar-refractivity contribution in [2.75, 3.05) is 0 Å². The van der Waals surface area contributed by atoms with Crippen LogP contribution in [0.1, 0.15) is 25.5 Å². The predicted octanol–water partition coefficient (Wildman–Crippen LogP) is 2.42. The second-order valence-electron chi connectivity index (χ2n) is 4.53. The number of alkyl halides is 3. The van der Waals surface area contributed by atoms with E-state index < -0.39 is 40.9 Å². The van der Waals surface area contributed by atoms with Crippen LogP contribution in [0.4, 0.5) is 22.0 Å². The zero-order chi connectivity index (χ0) is 15.7. The number of amides is 1. The molecular weight excluding hydrogens is 283 g/mol. The molecule has 20 heavy (non-hydrogen) atoms. The molecule has 0 spiro atoms. The molecule has 0 fully saturated rings. The van der Waals surface area contributed by atoms with Crippen LogP contribution in [0, 0.1) is 11.6 Å². The van der Waals surface area contributed by atoms with Crippen LogP contribution in [-0.2, 0) is 4.79 Å². The fourth-order valence-corrected chi connectivity index (χ4v) is 1.47. The lowest BCUT2D eigenvalue weighted by atomic mass is 10.00. The molecule has 1 amide bonds. The van der Waals surface area contributed by atoms with Gasteiger partial charge in [-0.25, -0.2) is 8.78 Å². The van der Waals surface area contributed by atoms with Crippen molar-refractivity contribution < 1.29 is 26.7 Å². The molecule has 0 heterocycles. The number of benzene rings is 1. The summed E-state index contributed by atoms with van der Waals surface area (Å²) in [6, 6.07) is 1.68. The number of carbonyl (C=O) groups excluding carboxylic acids is 1.